The fourth-order valence-electron chi connectivity index (χ4n) is 3.30. The molecule has 23 heavy (non-hydrogen) atoms. The van der Waals surface area contributed by atoms with Gasteiger partial charge in [-0.1, -0.05) is 24.6 Å². The summed E-state index contributed by atoms with van der Waals surface area (Å²) in [5, 5.41) is 14.9. The van der Waals surface area contributed by atoms with Gasteiger partial charge >= 0.3 is 0 Å². The van der Waals surface area contributed by atoms with Crippen LogP contribution in [0.2, 0.25) is 0 Å². The van der Waals surface area contributed by atoms with Gasteiger partial charge in [-0.3, -0.25) is 0 Å². The van der Waals surface area contributed by atoms with Gasteiger partial charge in [-0.25, -0.2) is 4.98 Å². The average molecular weight is 308 g/mol. The molecule has 0 spiro atoms. The zero-order chi connectivity index (χ0) is 15.7. The molecule has 2 aromatic heterocycles. The van der Waals surface area contributed by atoms with Crippen molar-refractivity contribution in [1.82, 2.24) is 14.5 Å². The molecule has 2 N–H and O–H groups in total. The summed E-state index contributed by atoms with van der Waals surface area (Å²) in [5.41, 5.74) is 0.226. The molecule has 1 aliphatic rings. The number of hydrogen-bond acceptors (Lipinski definition) is 4. The van der Waals surface area contributed by atoms with Crippen molar-refractivity contribution >= 4 is 16.9 Å². The Kier molecular flexibility index (Phi) is 3.50. The lowest BCUT2D eigenvalue weighted by molar-refractivity contribution is 0.0309. The molecule has 0 aliphatic heterocycles. The predicted octanol–water partition coefficient (Wildman–Crippen LogP) is 3.49. The first-order chi connectivity index (χ1) is 11.2. The fraction of sp³-hybridized carbons (Fsp3) is 0.333. The minimum Gasteiger partial charge on any atom is -0.371 e. The van der Waals surface area contributed by atoms with Gasteiger partial charge in [-0.15, -0.1) is 0 Å². The lowest BCUT2D eigenvalue weighted by Crippen LogP contribution is -2.40. The second-order valence-electron chi connectivity index (χ2n) is 6.20. The topological polar surface area (TPSA) is 63.0 Å². The third kappa shape index (κ3) is 2.80. The number of fused-ring (bicyclic) bond motifs is 1. The van der Waals surface area contributed by atoms with Crippen molar-refractivity contribution in [2.45, 2.75) is 37.8 Å². The van der Waals surface area contributed by atoms with Crippen LogP contribution in [0.25, 0.3) is 16.7 Å². The van der Waals surface area contributed by atoms with E-state index >= 15 is 0 Å². The zero-order valence-electron chi connectivity index (χ0n) is 12.9. The lowest BCUT2D eigenvalue weighted by atomic mass is 9.92. The highest BCUT2D eigenvalue weighted by Gasteiger charge is 2.29. The summed E-state index contributed by atoms with van der Waals surface area (Å²) in [6.45, 7) is 0. The van der Waals surface area contributed by atoms with E-state index in [0.29, 0.717) is 5.95 Å². The van der Waals surface area contributed by atoms with Crippen LogP contribution in [0.15, 0.2) is 48.8 Å². The van der Waals surface area contributed by atoms with Gasteiger partial charge in [0.05, 0.1) is 5.52 Å². The van der Waals surface area contributed by atoms with E-state index in [-0.39, 0.29) is 0 Å². The summed E-state index contributed by atoms with van der Waals surface area (Å²) in [7, 11) is 0. The smallest absolute Gasteiger partial charge is 0.226 e. The van der Waals surface area contributed by atoms with Crippen LogP contribution in [-0.4, -0.2) is 25.4 Å². The zero-order valence-corrected chi connectivity index (χ0v) is 12.9. The summed E-state index contributed by atoms with van der Waals surface area (Å²) in [4.78, 5) is 8.86. The van der Waals surface area contributed by atoms with Crippen molar-refractivity contribution in [3.05, 3.63) is 48.8 Å². The van der Waals surface area contributed by atoms with Gasteiger partial charge in [0, 0.05) is 12.4 Å². The van der Waals surface area contributed by atoms with Gasteiger partial charge in [0.15, 0.2) is 0 Å². The molecule has 0 saturated heterocycles. The Hall–Kier alpha value is -2.40. The van der Waals surface area contributed by atoms with Gasteiger partial charge in [0.1, 0.15) is 11.5 Å². The first-order valence-corrected chi connectivity index (χ1v) is 8.14. The molecule has 0 amide bonds. The van der Waals surface area contributed by atoms with E-state index in [9.17, 15) is 5.11 Å². The van der Waals surface area contributed by atoms with Crippen molar-refractivity contribution in [1.29, 1.82) is 0 Å². The molecule has 5 heteroatoms. The predicted molar refractivity (Wildman–Crippen MR) is 90.5 cm³/mol. The number of aliphatic hydroxyl groups is 1. The number of nitrogens with zero attached hydrogens (tertiary/aromatic N) is 3. The Balaban J connectivity index is 1.66. The second kappa shape index (κ2) is 5.66. The van der Waals surface area contributed by atoms with Crippen LogP contribution in [0.3, 0.4) is 0 Å². The molecule has 1 saturated carbocycles. The Morgan fingerprint density at radius 1 is 1.04 bits per heavy atom. The number of aromatic nitrogens is 3. The van der Waals surface area contributed by atoms with Gasteiger partial charge in [-0.05, 0) is 49.3 Å². The maximum atomic E-state index is 10.6. The molecule has 2 heterocycles. The van der Waals surface area contributed by atoms with E-state index in [2.05, 4.69) is 33.5 Å². The fourth-order valence-corrected chi connectivity index (χ4v) is 3.30. The number of para-hydroxylation sites is 1. The summed E-state index contributed by atoms with van der Waals surface area (Å²) in [6, 6.07) is 12.1. The molecule has 1 aromatic carbocycles. The number of anilines is 1. The molecule has 4 rings (SSSR count). The summed E-state index contributed by atoms with van der Waals surface area (Å²) >= 11 is 0. The van der Waals surface area contributed by atoms with Crippen LogP contribution < -0.4 is 5.32 Å². The number of benzene rings is 1. The maximum absolute atomic E-state index is 10.6. The standard InChI is InChI=1S/C18H20N4O/c23-18(10-4-1-5-11-18)21-17-19-12-8-16(20-17)22-13-9-14-6-2-3-7-15(14)22/h2-3,6-9,12-13,23H,1,4-5,10-11H2,(H,19,20,21). The van der Waals surface area contributed by atoms with Crippen molar-refractivity contribution < 1.29 is 5.11 Å². The Morgan fingerprint density at radius 3 is 2.74 bits per heavy atom. The molecule has 3 aromatic rings. The molecule has 0 unspecified atom stereocenters. The van der Waals surface area contributed by atoms with E-state index in [1.807, 2.05) is 29.0 Å². The minimum atomic E-state index is -0.879. The minimum absolute atomic E-state index is 0.477. The molecule has 1 aliphatic carbocycles. The largest absolute Gasteiger partial charge is 0.371 e. The monoisotopic (exact) mass is 308 g/mol. The van der Waals surface area contributed by atoms with Crippen LogP contribution in [0.4, 0.5) is 5.95 Å². The molecular weight excluding hydrogens is 288 g/mol. The summed E-state index contributed by atoms with van der Waals surface area (Å²) in [5.74, 6) is 1.27. The first kappa shape index (κ1) is 14.2. The molecule has 0 atom stereocenters. The molecule has 5 nitrogen and oxygen atoms in total. The van der Waals surface area contributed by atoms with Crippen LogP contribution in [-0.2, 0) is 0 Å². The number of hydrogen-bond donors (Lipinski definition) is 2. The van der Waals surface area contributed by atoms with Crippen LogP contribution in [0.5, 0.6) is 0 Å². The number of rotatable bonds is 3. The van der Waals surface area contributed by atoms with E-state index < -0.39 is 5.72 Å². The second-order valence-corrected chi connectivity index (χ2v) is 6.20. The third-order valence-corrected chi connectivity index (χ3v) is 4.51. The van der Waals surface area contributed by atoms with Crippen LogP contribution >= 0.6 is 0 Å². The van der Waals surface area contributed by atoms with E-state index in [1.165, 1.54) is 11.8 Å². The van der Waals surface area contributed by atoms with Crippen molar-refractivity contribution in [3.63, 3.8) is 0 Å². The van der Waals surface area contributed by atoms with Crippen molar-refractivity contribution in [2.75, 3.05) is 5.32 Å². The Morgan fingerprint density at radius 2 is 1.87 bits per heavy atom. The Labute approximate surface area is 135 Å². The SMILES string of the molecule is OC1(Nc2nccc(-n3ccc4ccccc43)n2)CCCCC1. The molecule has 1 fully saturated rings. The highest BCUT2D eigenvalue weighted by atomic mass is 16.3. The highest BCUT2D eigenvalue weighted by molar-refractivity contribution is 5.81. The van der Waals surface area contributed by atoms with Crippen molar-refractivity contribution in [3.8, 4) is 5.82 Å². The van der Waals surface area contributed by atoms with Gasteiger partial charge < -0.3 is 15.0 Å². The first-order valence-electron chi connectivity index (χ1n) is 8.14. The average Bonchev–Trinajstić information content (AvgIpc) is 2.99. The number of nitrogens with one attached hydrogen (secondary N) is 1. The molecular formula is C18H20N4O. The molecule has 0 radical (unpaired) electrons. The van der Waals surface area contributed by atoms with Gasteiger partial charge in [0.2, 0.25) is 5.95 Å². The van der Waals surface area contributed by atoms with Crippen LogP contribution in [0.1, 0.15) is 32.1 Å². The van der Waals surface area contributed by atoms with Crippen LogP contribution in [0, 0.1) is 0 Å². The maximum Gasteiger partial charge on any atom is 0.226 e. The summed E-state index contributed by atoms with van der Waals surface area (Å²) < 4.78 is 2.03. The highest BCUT2D eigenvalue weighted by Crippen LogP contribution is 2.28. The summed E-state index contributed by atoms with van der Waals surface area (Å²) in [6.07, 6.45) is 8.47. The van der Waals surface area contributed by atoms with E-state index in [1.54, 1.807) is 6.20 Å². The molecule has 118 valence electrons. The van der Waals surface area contributed by atoms with Crippen molar-refractivity contribution in [2.24, 2.45) is 0 Å². The lowest BCUT2D eigenvalue weighted by Gasteiger charge is -2.32. The normalized spacial score (nSPS) is 17.3. The van der Waals surface area contributed by atoms with E-state index in [4.69, 9.17) is 0 Å². The quantitative estimate of drug-likeness (QED) is 0.727. The Bertz CT molecular complexity index is 821. The van der Waals surface area contributed by atoms with Gasteiger partial charge in [-0.2, -0.15) is 4.98 Å². The third-order valence-electron chi connectivity index (χ3n) is 4.51. The van der Waals surface area contributed by atoms with Gasteiger partial charge in [0.25, 0.3) is 0 Å². The molecule has 0 bridgehead atoms. The van der Waals surface area contributed by atoms with E-state index in [0.717, 1.165) is 37.0 Å².